The first-order chi connectivity index (χ1) is 18.8. The van der Waals surface area contributed by atoms with E-state index in [-0.39, 0.29) is 17.6 Å². The lowest BCUT2D eigenvalue weighted by atomic mass is 9.92. The topological polar surface area (TPSA) is 65.9 Å². The van der Waals surface area contributed by atoms with Crippen LogP contribution in [0.4, 0.5) is 13.2 Å². The number of nitrogens with zero attached hydrogens (tertiary/aromatic N) is 3. The molecule has 1 unspecified atom stereocenters. The molecule has 0 spiro atoms. The molecule has 2 heterocycles. The third-order valence-corrected chi connectivity index (χ3v) is 7.34. The van der Waals surface area contributed by atoms with Crippen LogP contribution < -0.4 is 0 Å². The van der Waals surface area contributed by atoms with Gasteiger partial charge in [0.05, 0.1) is 6.10 Å². The number of hydrogen-bond acceptors (Lipinski definition) is 6. The van der Waals surface area contributed by atoms with E-state index < -0.39 is 17.8 Å². The number of rotatable bonds is 8. The molecule has 1 fully saturated rings. The number of aliphatic hydroxyl groups is 1. The number of halogens is 3. The maximum absolute atomic E-state index is 13.2. The van der Waals surface area contributed by atoms with Crippen LogP contribution >= 0.6 is 0 Å². The molecule has 1 saturated heterocycles. The van der Waals surface area contributed by atoms with Gasteiger partial charge < -0.3 is 9.84 Å². The molecule has 0 aliphatic carbocycles. The molecule has 1 aliphatic rings. The second-order valence-corrected chi connectivity index (χ2v) is 10.9. The Hall–Kier alpha value is -3.27. The number of carbonyl (C=O) groups excluding carboxylic acids is 1. The number of esters is 1. The Bertz CT molecular complexity index is 1290. The van der Waals surface area contributed by atoms with Gasteiger partial charge in [-0.25, -0.2) is 0 Å². The van der Waals surface area contributed by atoms with Crippen LogP contribution in [0, 0.1) is 6.92 Å². The van der Waals surface area contributed by atoms with Gasteiger partial charge >= 0.3 is 12.1 Å². The molecule has 0 radical (unpaired) electrons. The Kier molecular flexibility index (Phi) is 8.97. The highest BCUT2D eigenvalue weighted by Gasteiger charge is 2.51. The standard InChI is InChI=1S/C31H36F3N3O3/c1-21(2)40-29(38)28-20-36(15-16-37(28)19-23-11-13-35-14-12-23)18-24-5-10-27(22(3)17-24)25-6-8-26(9-7-25)30(4,39)31(32,33)34/h5-14,17,21,28,39H,15-16,18-20H2,1-4H3/t28-,30?/m0/s1. The molecule has 1 aliphatic heterocycles. The van der Waals surface area contributed by atoms with E-state index >= 15 is 0 Å². The Balaban J connectivity index is 1.46. The minimum absolute atomic E-state index is 0.200. The molecule has 0 saturated carbocycles. The number of hydrogen-bond donors (Lipinski definition) is 1. The number of ether oxygens (including phenoxy) is 1. The number of alkyl halides is 3. The lowest BCUT2D eigenvalue weighted by molar-refractivity contribution is -0.258. The van der Waals surface area contributed by atoms with Gasteiger partial charge in [-0.05, 0) is 73.2 Å². The van der Waals surface area contributed by atoms with E-state index in [1.54, 1.807) is 24.5 Å². The molecule has 0 amide bonds. The van der Waals surface area contributed by atoms with Crippen molar-refractivity contribution in [2.75, 3.05) is 19.6 Å². The molecule has 0 bridgehead atoms. The van der Waals surface area contributed by atoms with Gasteiger partial charge in [0.15, 0.2) is 5.60 Å². The molecule has 2 atom stereocenters. The fraction of sp³-hybridized carbons (Fsp3) is 0.419. The van der Waals surface area contributed by atoms with Gasteiger partial charge in [-0.15, -0.1) is 0 Å². The number of piperazine rings is 1. The second kappa shape index (κ2) is 12.1. The summed E-state index contributed by atoms with van der Waals surface area (Å²) in [6.45, 7) is 9.76. The number of benzene rings is 2. The molecule has 4 rings (SSSR count). The van der Waals surface area contributed by atoms with Crippen LogP contribution in [0.15, 0.2) is 67.0 Å². The second-order valence-electron chi connectivity index (χ2n) is 10.9. The third-order valence-electron chi connectivity index (χ3n) is 7.34. The number of aromatic nitrogens is 1. The lowest BCUT2D eigenvalue weighted by Gasteiger charge is -2.40. The number of pyridine rings is 1. The summed E-state index contributed by atoms with van der Waals surface area (Å²) < 4.78 is 45.2. The quantitative estimate of drug-likeness (QED) is 0.372. The van der Waals surface area contributed by atoms with Crippen LogP contribution in [0.2, 0.25) is 0 Å². The third kappa shape index (κ3) is 6.89. The molecule has 9 heteroatoms. The van der Waals surface area contributed by atoms with E-state index in [1.807, 2.05) is 45.0 Å². The van der Waals surface area contributed by atoms with Gasteiger partial charge in [0.1, 0.15) is 6.04 Å². The SMILES string of the molecule is Cc1cc(CN2CCN(Cc3ccncc3)[C@H](C(=O)OC(C)C)C2)ccc1-c1ccc(C(C)(O)C(F)(F)F)cc1. The van der Waals surface area contributed by atoms with E-state index in [2.05, 4.69) is 20.9 Å². The minimum atomic E-state index is -4.76. The summed E-state index contributed by atoms with van der Waals surface area (Å²) in [5.74, 6) is -0.228. The van der Waals surface area contributed by atoms with Crippen molar-refractivity contribution in [3.8, 4) is 11.1 Å². The summed E-state index contributed by atoms with van der Waals surface area (Å²) in [5.41, 5.74) is 1.72. The van der Waals surface area contributed by atoms with E-state index in [9.17, 15) is 23.1 Å². The van der Waals surface area contributed by atoms with Crippen LogP contribution in [0.3, 0.4) is 0 Å². The van der Waals surface area contributed by atoms with Crippen LogP contribution in [0.1, 0.15) is 43.0 Å². The first-order valence-corrected chi connectivity index (χ1v) is 13.4. The normalized spacial score (nSPS) is 18.5. The fourth-order valence-corrected chi connectivity index (χ4v) is 5.01. The van der Waals surface area contributed by atoms with Gasteiger partial charge in [-0.1, -0.05) is 42.5 Å². The maximum atomic E-state index is 13.2. The zero-order chi connectivity index (χ0) is 29.1. The Morgan fingerprint density at radius 1 is 1.02 bits per heavy atom. The molecular weight excluding hydrogens is 519 g/mol. The molecule has 2 aromatic carbocycles. The lowest BCUT2D eigenvalue weighted by Crippen LogP contribution is -2.56. The average Bonchev–Trinajstić information content (AvgIpc) is 2.89. The van der Waals surface area contributed by atoms with Gasteiger partial charge in [0.25, 0.3) is 0 Å². The largest absolute Gasteiger partial charge is 0.462 e. The van der Waals surface area contributed by atoms with Gasteiger partial charge in [0, 0.05) is 45.1 Å². The zero-order valence-electron chi connectivity index (χ0n) is 23.3. The summed E-state index contributed by atoms with van der Waals surface area (Å²) >= 11 is 0. The van der Waals surface area contributed by atoms with Crippen LogP contribution in [0.25, 0.3) is 11.1 Å². The van der Waals surface area contributed by atoms with E-state index in [0.29, 0.717) is 26.2 Å². The van der Waals surface area contributed by atoms with Crippen LogP contribution in [-0.4, -0.2) is 63.8 Å². The molecule has 1 N–H and O–H groups in total. The Labute approximate surface area is 233 Å². The Morgan fingerprint density at radius 3 is 2.30 bits per heavy atom. The summed E-state index contributed by atoms with van der Waals surface area (Å²) in [6, 6.07) is 15.4. The number of carbonyl (C=O) groups is 1. The molecule has 6 nitrogen and oxygen atoms in total. The van der Waals surface area contributed by atoms with Crippen molar-refractivity contribution in [2.24, 2.45) is 0 Å². The molecular formula is C31H36F3N3O3. The smallest absolute Gasteiger partial charge is 0.421 e. The van der Waals surface area contributed by atoms with Crippen LogP contribution in [0.5, 0.6) is 0 Å². The fourth-order valence-electron chi connectivity index (χ4n) is 5.01. The van der Waals surface area contributed by atoms with Crippen molar-refractivity contribution in [3.63, 3.8) is 0 Å². The summed E-state index contributed by atoms with van der Waals surface area (Å²) in [6.07, 6.45) is -1.46. The predicted octanol–water partition coefficient (Wildman–Crippen LogP) is 5.46. The maximum Gasteiger partial charge on any atom is 0.421 e. The van der Waals surface area contributed by atoms with Crippen molar-refractivity contribution >= 4 is 5.97 Å². The zero-order valence-corrected chi connectivity index (χ0v) is 23.3. The van der Waals surface area contributed by atoms with Gasteiger partial charge in [-0.3, -0.25) is 19.6 Å². The van der Waals surface area contributed by atoms with Crippen molar-refractivity contribution in [1.82, 2.24) is 14.8 Å². The Morgan fingerprint density at radius 2 is 1.70 bits per heavy atom. The summed E-state index contributed by atoms with van der Waals surface area (Å²) in [4.78, 5) is 21.5. The monoisotopic (exact) mass is 555 g/mol. The van der Waals surface area contributed by atoms with Gasteiger partial charge in [-0.2, -0.15) is 13.2 Å². The predicted molar refractivity (Wildman–Crippen MR) is 147 cm³/mol. The average molecular weight is 556 g/mol. The minimum Gasteiger partial charge on any atom is -0.462 e. The molecule has 3 aromatic rings. The van der Waals surface area contributed by atoms with Crippen molar-refractivity contribution < 1.29 is 27.8 Å². The first-order valence-electron chi connectivity index (χ1n) is 13.4. The highest BCUT2D eigenvalue weighted by atomic mass is 19.4. The highest BCUT2D eigenvalue weighted by Crippen LogP contribution is 2.39. The molecule has 214 valence electrons. The van der Waals surface area contributed by atoms with Gasteiger partial charge in [0.2, 0.25) is 0 Å². The van der Waals surface area contributed by atoms with Crippen molar-refractivity contribution in [2.45, 2.75) is 64.7 Å². The van der Waals surface area contributed by atoms with Crippen LogP contribution in [-0.2, 0) is 28.2 Å². The van der Waals surface area contributed by atoms with E-state index in [1.165, 1.54) is 12.1 Å². The number of aryl methyl sites for hydroxylation is 1. The van der Waals surface area contributed by atoms with E-state index in [0.717, 1.165) is 41.3 Å². The summed E-state index contributed by atoms with van der Waals surface area (Å²) in [5, 5.41) is 9.95. The molecule has 40 heavy (non-hydrogen) atoms. The van der Waals surface area contributed by atoms with Crippen molar-refractivity contribution in [3.05, 3.63) is 89.2 Å². The highest BCUT2D eigenvalue weighted by molar-refractivity contribution is 5.76. The van der Waals surface area contributed by atoms with E-state index in [4.69, 9.17) is 4.74 Å². The van der Waals surface area contributed by atoms with Crippen molar-refractivity contribution in [1.29, 1.82) is 0 Å². The molecule has 1 aromatic heterocycles. The summed E-state index contributed by atoms with van der Waals surface area (Å²) in [7, 11) is 0. The first kappa shape index (κ1) is 29.7.